The second-order valence-corrected chi connectivity index (χ2v) is 5.03. The number of hydrogen-bond donors (Lipinski definition) is 0. The zero-order valence-corrected chi connectivity index (χ0v) is 10.2. The van der Waals surface area contributed by atoms with Gasteiger partial charge in [0.2, 0.25) is 4.80 Å². The van der Waals surface area contributed by atoms with Gasteiger partial charge in [0.15, 0.2) is 4.80 Å². The smallest absolute Gasteiger partial charge is 0.202 e. The molecule has 0 N–H and O–H groups in total. The molecule has 78 valence electrons. The van der Waals surface area contributed by atoms with E-state index in [2.05, 4.69) is 9.98 Å². The van der Waals surface area contributed by atoms with E-state index in [0.717, 1.165) is 15.3 Å². The van der Waals surface area contributed by atoms with Crippen LogP contribution in [0.25, 0.3) is 0 Å². The minimum absolute atomic E-state index is 0.977. The van der Waals surface area contributed by atoms with Gasteiger partial charge in [0.05, 0.1) is 5.69 Å². The van der Waals surface area contributed by atoms with Crippen molar-refractivity contribution in [3.63, 3.8) is 0 Å². The highest BCUT2D eigenvalue weighted by Gasteiger charge is 1.94. The van der Waals surface area contributed by atoms with Gasteiger partial charge in [-0.15, -0.1) is 0 Å². The fraction of sp³-hybridized carbons (Fsp3) is 0.200. The molecule has 0 atom stereocenters. The number of hydrogen-bond acceptors (Lipinski definition) is 4. The molecule has 2 rings (SSSR count). The van der Waals surface area contributed by atoms with Crippen molar-refractivity contribution in [3.05, 3.63) is 39.9 Å². The molecule has 3 nitrogen and oxygen atoms in total. The lowest BCUT2D eigenvalue weighted by Gasteiger charge is -1.91. The van der Waals surface area contributed by atoms with Crippen LogP contribution < -0.4 is 9.60 Å². The molecule has 0 saturated heterocycles. The average Bonchev–Trinajstić information content (AvgIpc) is 2.62. The maximum Gasteiger partial charge on any atom is 0.202 e. The van der Waals surface area contributed by atoms with Crippen molar-refractivity contribution in [3.8, 4) is 0 Å². The summed E-state index contributed by atoms with van der Waals surface area (Å²) in [6.45, 7) is 0. The monoisotopic (exact) mass is 237 g/mol. The first-order chi connectivity index (χ1) is 7.31. The lowest BCUT2D eigenvalue weighted by Crippen LogP contribution is -2.21. The topological polar surface area (TPSA) is 29.6 Å². The fourth-order valence-electron chi connectivity index (χ4n) is 1.16. The van der Waals surface area contributed by atoms with Crippen LogP contribution in [0.1, 0.15) is 0 Å². The number of rotatable bonds is 1. The Morgan fingerprint density at radius 3 is 2.33 bits per heavy atom. The van der Waals surface area contributed by atoms with Crippen LogP contribution in [0.5, 0.6) is 0 Å². The Labute approximate surface area is 95.1 Å². The quantitative estimate of drug-likeness (QED) is 0.678. The first-order valence-electron chi connectivity index (χ1n) is 4.50. The van der Waals surface area contributed by atoms with E-state index >= 15 is 0 Å². The van der Waals surface area contributed by atoms with E-state index in [9.17, 15) is 0 Å². The standard InChI is InChI=1S/C10H11N3S2/c1-11-9-13(2)10(15-14-9)12-8-6-4-3-5-7-8/h3-7H,1-2H3. The molecule has 0 unspecified atom stereocenters. The van der Waals surface area contributed by atoms with Gasteiger partial charge in [-0.1, -0.05) is 18.2 Å². The summed E-state index contributed by atoms with van der Waals surface area (Å²) in [5.41, 5.74) is 0.977. The largest absolute Gasteiger partial charge is 0.296 e. The summed E-state index contributed by atoms with van der Waals surface area (Å²) in [6.07, 6.45) is 0. The third-order valence-electron chi connectivity index (χ3n) is 1.94. The molecule has 1 aromatic carbocycles. The third kappa shape index (κ3) is 2.24. The number of para-hydroxylation sites is 1. The Bertz CT molecular complexity index is 560. The van der Waals surface area contributed by atoms with Crippen molar-refractivity contribution in [2.45, 2.75) is 0 Å². The number of benzene rings is 1. The van der Waals surface area contributed by atoms with Crippen LogP contribution in [0, 0.1) is 0 Å². The average molecular weight is 237 g/mol. The maximum atomic E-state index is 4.54. The van der Waals surface area contributed by atoms with Crippen LogP contribution in [0.2, 0.25) is 0 Å². The molecule has 0 amide bonds. The number of nitrogens with zero attached hydrogens (tertiary/aromatic N) is 3. The van der Waals surface area contributed by atoms with Gasteiger partial charge in [0.1, 0.15) is 0 Å². The predicted octanol–water partition coefficient (Wildman–Crippen LogP) is 1.91. The van der Waals surface area contributed by atoms with E-state index in [0.29, 0.717) is 0 Å². The summed E-state index contributed by atoms with van der Waals surface area (Å²) in [5, 5.41) is 0. The van der Waals surface area contributed by atoms with Gasteiger partial charge in [-0.05, 0) is 32.8 Å². The van der Waals surface area contributed by atoms with Crippen molar-refractivity contribution in [1.29, 1.82) is 0 Å². The summed E-state index contributed by atoms with van der Waals surface area (Å²) in [6, 6.07) is 9.95. The molecule has 0 aliphatic heterocycles. The molecule has 1 aromatic heterocycles. The molecule has 2 aromatic rings. The highest BCUT2D eigenvalue weighted by molar-refractivity contribution is 7.67. The van der Waals surface area contributed by atoms with E-state index in [1.165, 1.54) is 0 Å². The van der Waals surface area contributed by atoms with Crippen molar-refractivity contribution in [2.24, 2.45) is 17.0 Å². The van der Waals surface area contributed by atoms with Gasteiger partial charge < -0.3 is 0 Å². The van der Waals surface area contributed by atoms with Crippen molar-refractivity contribution in [2.75, 3.05) is 7.05 Å². The van der Waals surface area contributed by atoms with Gasteiger partial charge in [0, 0.05) is 14.1 Å². The minimum atomic E-state index is 0.977. The highest BCUT2D eigenvalue weighted by atomic mass is 32.9. The number of aromatic nitrogens is 1. The second kappa shape index (κ2) is 4.55. The maximum absolute atomic E-state index is 4.54. The Hall–Kier alpha value is -1.20. The third-order valence-corrected chi connectivity index (χ3v) is 4.28. The predicted molar refractivity (Wildman–Crippen MR) is 64.3 cm³/mol. The summed E-state index contributed by atoms with van der Waals surface area (Å²) < 4.78 is 2.00. The highest BCUT2D eigenvalue weighted by Crippen LogP contribution is 2.08. The van der Waals surface area contributed by atoms with Gasteiger partial charge in [-0.3, -0.25) is 9.56 Å². The lowest BCUT2D eigenvalue weighted by molar-refractivity contribution is 0.824. The lowest BCUT2D eigenvalue weighted by atomic mass is 10.3. The minimum Gasteiger partial charge on any atom is -0.296 e. The van der Waals surface area contributed by atoms with Crippen molar-refractivity contribution >= 4 is 26.4 Å². The van der Waals surface area contributed by atoms with Crippen LogP contribution >= 0.6 is 20.7 Å². The molecule has 1 heterocycles. The van der Waals surface area contributed by atoms with Gasteiger partial charge in [-0.25, -0.2) is 4.99 Å². The van der Waals surface area contributed by atoms with Crippen molar-refractivity contribution in [1.82, 2.24) is 4.57 Å². The molecular weight excluding hydrogens is 226 g/mol. The van der Waals surface area contributed by atoms with Crippen LogP contribution in [-0.4, -0.2) is 11.6 Å². The Balaban J connectivity index is 2.56. The van der Waals surface area contributed by atoms with E-state index in [1.807, 2.05) is 41.9 Å². The zero-order valence-electron chi connectivity index (χ0n) is 8.54. The Morgan fingerprint density at radius 2 is 1.73 bits per heavy atom. The molecule has 0 saturated carbocycles. The Morgan fingerprint density at radius 1 is 1.07 bits per heavy atom. The van der Waals surface area contributed by atoms with Crippen LogP contribution in [0.4, 0.5) is 5.69 Å². The fourth-order valence-corrected chi connectivity index (χ4v) is 3.44. The summed E-state index contributed by atoms with van der Waals surface area (Å²) in [7, 11) is 7.06. The van der Waals surface area contributed by atoms with E-state index in [1.54, 1.807) is 27.7 Å². The Kier molecular flexibility index (Phi) is 3.13. The summed E-state index contributed by atoms with van der Waals surface area (Å²) >= 11 is 0. The normalized spacial score (nSPS) is 13.5. The summed E-state index contributed by atoms with van der Waals surface area (Å²) in [4.78, 5) is 10.7. The van der Waals surface area contributed by atoms with Gasteiger partial charge >= 0.3 is 0 Å². The summed E-state index contributed by atoms with van der Waals surface area (Å²) in [5.74, 6) is 0. The molecule has 0 radical (unpaired) electrons. The van der Waals surface area contributed by atoms with E-state index < -0.39 is 0 Å². The molecule has 0 spiro atoms. The molecule has 5 heteroatoms. The molecule has 0 fully saturated rings. The van der Waals surface area contributed by atoms with E-state index in [-0.39, 0.29) is 0 Å². The molecule has 0 bridgehead atoms. The SMILES string of the molecule is CN=c1ssc(=Nc2ccccc2)n1C. The van der Waals surface area contributed by atoms with Crippen LogP contribution in [0.3, 0.4) is 0 Å². The molecule has 15 heavy (non-hydrogen) atoms. The van der Waals surface area contributed by atoms with E-state index in [4.69, 9.17) is 0 Å². The second-order valence-electron chi connectivity index (χ2n) is 2.96. The molecular formula is C10H11N3S2. The molecule has 0 aliphatic rings. The van der Waals surface area contributed by atoms with Crippen LogP contribution in [-0.2, 0) is 7.05 Å². The zero-order chi connectivity index (χ0) is 10.7. The van der Waals surface area contributed by atoms with Crippen molar-refractivity contribution < 1.29 is 0 Å². The molecule has 0 aliphatic carbocycles. The van der Waals surface area contributed by atoms with Crippen LogP contribution in [0.15, 0.2) is 40.3 Å². The van der Waals surface area contributed by atoms with Gasteiger partial charge in [-0.2, -0.15) is 0 Å². The first kappa shape index (κ1) is 10.3. The first-order valence-corrected chi connectivity index (χ1v) is 6.65. The van der Waals surface area contributed by atoms with Gasteiger partial charge in [0.25, 0.3) is 0 Å².